The molecule has 0 saturated carbocycles. The summed E-state index contributed by atoms with van der Waals surface area (Å²) in [5.74, 6) is -1.18. The highest BCUT2D eigenvalue weighted by Crippen LogP contribution is 2.29. The van der Waals surface area contributed by atoms with Gasteiger partial charge in [0.1, 0.15) is 12.7 Å². The summed E-state index contributed by atoms with van der Waals surface area (Å²) in [6.07, 6.45) is 30.2. The molecular formula is C47H87NO7. The van der Waals surface area contributed by atoms with E-state index in [4.69, 9.17) is 18.9 Å². The van der Waals surface area contributed by atoms with Gasteiger partial charge in [-0.2, -0.15) is 0 Å². The van der Waals surface area contributed by atoms with E-state index in [-0.39, 0.29) is 48.9 Å². The highest BCUT2D eigenvalue weighted by molar-refractivity contribution is 5.74. The summed E-state index contributed by atoms with van der Waals surface area (Å²) in [4.78, 5) is 43.2. The second kappa shape index (κ2) is 32.3. The van der Waals surface area contributed by atoms with Crippen LogP contribution in [0.4, 0.5) is 0 Å². The Morgan fingerprint density at radius 2 is 0.982 bits per heavy atom. The molecule has 0 amide bonds. The number of hydrogen-bond donors (Lipinski definition) is 0. The fourth-order valence-electron chi connectivity index (χ4n) is 8.37. The molecule has 2 rings (SSSR count). The molecule has 2 aliphatic rings. The lowest BCUT2D eigenvalue weighted by atomic mass is 9.93. The number of carbonyl (C=O) groups is 3. The molecule has 2 aliphatic heterocycles. The van der Waals surface area contributed by atoms with Gasteiger partial charge in [0.15, 0.2) is 12.2 Å². The lowest BCUT2D eigenvalue weighted by Crippen LogP contribution is -2.42. The molecule has 2 heterocycles. The third kappa shape index (κ3) is 22.2. The minimum Gasteiger partial charge on any atom is -0.463 e. The van der Waals surface area contributed by atoms with E-state index in [0.29, 0.717) is 6.54 Å². The zero-order chi connectivity index (χ0) is 39.9. The zero-order valence-corrected chi connectivity index (χ0v) is 36.6. The van der Waals surface area contributed by atoms with Crippen LogP contribution in [0.2, 0.25) is 0 Å². The van der Waals surface area contributed by atoms with Crippen molar-refractivity contribution in [2.75, 3.05) is 33.4 Å². The average Bonchev–Trinajstić information content (AvgIpc) is 3.79. The van der Waals surface area contributed by atoms with Crippen LogP contribution in [0.5, 0.6) is 0 Å². The number of hydrogen-bond acceptors (Lipinski definition) is 8. The van der Waals surface area contributed by atoms with Crippen LogP contribution >= 0.6 is 0 Å². The van der Waals surface area contributed by atoms with Gasteiger partial charge < -0.3 is 23.8 Å². The first-order valence-electron chi connectivity index (χ1n) is 23.7. The molecule has 0 aliphatic carbocycles. The van der Waals surface area contributed by atoms with Crippen LogP contribution in [0, 0.1) is 17.8 Å². The van der Waals surface area contributed by atoms with E-state index in [1.54, 1.807) is 0 Å². The Balaban J connectivity index is 2.15. The first-order chi connectivity index (χ1) is 26.8. The molecule has 55 heavy (non-hydrogen) atoms. The quantitative estimate of drug-likeness (QED) is 0.0357. The maximum absolute atomic E-state index is 14.1. The van der Waals surface area contributed by atoms with Gasteiger partial charge >= 0.3 is 17.9 Å². The predicted octanol–water partition coefficient (Wildman–Crippen LogP) is 11.9. The van der Waals surface area contributed by atoms with E-state index < -0.39 is 18.3 Å². The van der Waals surface area contributed by atoms with Gasteiger partial charge in [-0.05, 0) is 45.7 Å². The molecule has 2 fully saturated rings. The zero-order valence-electron chi connectivity index (χ0n) is 36.6. The number of carbonyl (C=O) groups excluding carboxylic acids is 3. The van der Waals surface area contributed by atoms with Crippen LogP contribution in [0.3, 0.4) is 0 Å². The SMILES string of the molecule is CCCCCCCCC(CCCCCCCC)C(=O)O[C@@H]1[C@@H](OC(=O)C(CCCCCCCC)CCCCCCCC)CO[C@@H]1COC(=O)C1CCN(C)C1. The fraction of sp³-hybridized carbons (Fsp3) is 0.936. The van der Waals surface area contributed by atoms with Crippen molar-refractivity contribution in [1.29, 1.82) is 0 Å². The van der Waals surface area contributed by atoms with Crippen molar-refractivity contribution in [3.05, 3.63) is 0 Å². The highest BCUT2D eigenvalue weighted by Gasteiger charge is 2.45. The normalized spacial score (nSPS) is 20.1. The number of rotatable bonds is 35. The second-order valence-electron chi connectivity index (χ2n) is 17.2. The van der Waals surface area contributed by atoms with Crippen molar-refractivity contribution >= 4 is 17.9 Å². The standard InChI is InChI=1S/C47H87NO7/c1-6-10-14-18-22-26-30-39(31-27-23-19-15-11-7-2)46(50)54-43-38-52-42(37-53-45(49)41-34-35-48(5)36-41)44(43)55-47(51)40(32-28-24-20-16-12-8-3)33-29-25-21-17-13-9-4/h39-44H,6-38H2,1-5H3/t41?,42-,43+,44+/m1/s1. The monoisotopic (exact) mass is 778 g/mol. The van der Waals surface area contributed by atoms with E-state index >= 15 is 0 Å². The van der Waals surface area contributed by atoms with Crippen molar-refractivity contribution in [3.63, 3.8) is 0 Å². The maximum Gasteiger partial charge on any atom is 0.310 e. The molecule has 8 heteroatoms. The molecule has 2 saturated heterocycles. The maximum atomic E-state index is 14.1. The van der Waals surface area contributed by atoms with Gasteiger partial charge in [0.2, 0.25) is 0 Å². The van der Waals surface area contributed by atoms with Crippen LogP contribution in [0.1, 0.15) is 214 Å². The lowest BCUT2D eigenvalue weighted by molar-refractivity contribution is -0.174. The van der Waals surface area contributed by atoms with Gasteiger partial charge in [0.05, 0.1) is 24.4 Å². The third-order valence-corrected chi connectivity index (χ3v) is 12.1. The Bertz CT molecular complexity index is 943. The molecule has 4 atom stereocenters. The Hall–Kier alpha value is -1.67. The van der Waals surface area contributed by atoms with E-state index in [2.05, 4.69) is 32.6 Å². The number of ether oxygens (including phenoxy) is 4. The molecule has 0 aromatic rings. The van der Waals surface area contributed by atoms with Gasteiger partial charge in [0.25, 0.3) is 0 Å². The second-order valence-corrected chi connectivity index (χ2v) is 17.2. The molecule has 0 bridgehead atoms. The smallest absolute Gasteiger partial charge is 0.310 e. The number of nitrogens with zero attached hydrogens (tertiary/aromatic N) is 1. The molecule has 8 nitrogen and oxygen atoms in total. The molecule has 0 spiro atoms. The van der Waals surface area contributed by atoms with Gasteiger partial charge in [-0.15, -0.1) is 0 Å². The molecule has 1 unspecified atom stereocenters. The Morgan fingerprint density at radius 3 is 1.38 bits per heavy atom. The minimum absolute atomic E-state index is 0.0104. The van der Waals surface area contributed by atoms with Gasteiger partial charge in [0, 0.05) is 6.54 Å². The van der Waals surface area contributed by atoms with E-state index in [0.717, 1.165) is 90.0 Å². The summed E-state index contributed by atoms with van der Waals surface area (Å²) in [6, 6.07) is 0. The molecule has 0 aromatic heterocycles. The van der Waals surface area contributed by atoms with Gasteiger partial charge in [-0.3, -0.25) is 14.4 Å². The summed E-state index contributed by atoms with van der Waals surface area (Å²) in [5, 5.41) is 0. The molecular weight excluding hydrogens is 691 g/mol. The van der Waals surface area contributed by atoms with Crippen LogP contribution in [-0.4, -0.2) is 74.5 Å². The van der Waals surface area contributed by atoms with Crippen LogP contribution in [0.25, 0.3) is 0 Å². The van der Waals surface area contributed by atoms with Crippen LogP contribution in [0.15, 0.2) is 0 Å². The van der Waals surface area contributed by atoms with Crippen molar-refractivity contribution in [1.82, 2.24) is 4.90 Å². The van der Waals surface area contributed by atoms with Gasteiger partial charge in [-0.25, -0.2) is 0 Å². The Morgan fingerprint density at radius 1 is 0.582 bits per heavy atom. The molecule has 322 valence electrons. The van der Waals surface area contributed by atoms with E-state index in [1.807, 2.05) is 7.05 Å². The summed E-state index contributed by atoms with van der Waals surface area (Å²) in [5.41, 5.74) is 0. The number of unbranched alkanes of at least 4 members (excludes halogenated alkanes) is 20. The van der Waals surface area contributed by atoms with Crippen molar-refractivity contribution < 1.29 is 33.3 Å². The average molecular weight is 778 g/mol. The van der Waals surface area contributed by atoms with Crippen LogP contribution < -0.4 is 0 Å². The first kappa shape index (κ1) is 49.5. The largest absolute Gasteiger partial charge is 0.463 e. The fourth-order valence-corrected chi connectivity index (χ4v) is 8.37. The summed E-state index contributed by atoms with van der Waals surface area (Å²) in [7, 11) is 2.01. The highest BCUT2D eigenvalue weighted by atomic mass is 16.6. The first-order valence-corrected chi connectivity index (χ1v) is 23.7. The summed E-state index contributed by atoms with van der Waals surface area (Å²) in [6.45, 7) is 10.6. The summed E-state index contributed by atoms with van der Waals surface area (Å²) >= 11 is 0. The summed E-state index contributed by atoms with van der Waals surface area (Å²) < 4.78 is 24.7. The minimum atomic E-state index is -0.796. The lowest BCUT2D eigenvalue weighted by Gasteiger charge is -2.27. The predicted molar refractivity (Wildman–Crippen MR) is 225 cm³/mol. The van der Waals surface area contributed by atoms with Crippen molar-refractivity contribution in [2.45, 2.75) is 232 Å². The molecule has 0 N–H and O–H groups in total. The van der Waals surface area contributed by atoms with E-state index in [9.17, 15) is 14.4 Å². The number of esters is 3. The molecule has 0 radical (unpaired) electrons. The third-order valence-electron chi connectivity index (χ3n) is 12.1. The topological polar surface area (TPSA) is 91.4 Å². The molecule has 0 aromatic carbocycles. The van der Waals surface area contributed by atoms with Crippen LogP contribution in [-0.2, 0) is 33.3 Å². The Kier molecular flexibility index (Phi) is 29.1. The van der Waals surface area contributed by atoms with Gasteiger partial charge in [-0.1, -0.05) is 182 Å². The van der Waals surface area contributed by atoms with E-state index in [1.165, 1.54) is 103 Å². The van der Waals surface area contributed by atoms with Crippen molar-refractivity contribution in [2.24, 2.45) is 17.8 Å². The number of likely N-dealkylation sites (tertiary alicyclic amines) is 1. The van der Waals surface area contributed by atoms with Crippen molar-refractivity contribution in [3.8, 4) is 0 Å². The Labute approximate surface area is 338 Å².